The standard InChI is InChI=1S/C24H28F3NO2/c1-15(2)10-22(23(29)30)20-12-18(11-19(13-20)17-4-3-9-28-14-17)16-5-7-21(8-6-16)24(25,26)27/h5-8,11-13,15,17,22,28H,3-4,9-10,14H2,1-2H3,(H,29,30)/t17?,22-/m0/s1. The number of aliphatic carboxylic acids is 1. The second kappa shape index (κ2) is 9.21. The summed E-state index contributed by atoms with van der Waals surface area (Å²) in [5.41, 5.74) is 2.49. The number of alkyl halides is 3. The van der Waals surface area contributed by atoms with Crippen molar-refractivity contribution >= 4 is 5.97 Å². The van der Waals surface area contributed by atoms with Gasteiger partial charge in [-0.05, 0) is 72.0 Å². The van der Waals surface area contributed by atoms with Gasteiger partial charge in [0.05, 0.1) is 11.5 Å². The monoisotopic (exact) mass is 419 g/mol. The van der Waals surface area contributed by atoms with E-state index >= 15 is 0 Å². The molecule has 0 radical (unpaired) electrons. The minimum atomic E-state index is -4.38. The molecule has 3 rings (SSSR count). The summed E-state index contributed by atoms with van der Waals surface area (Å²) in [6.45, 7) is 5.76. The van der Waals surface area contributed by atoms with E-state index in [4.69, 9.17) is 0 Å². The first-order valence-corrected chi connectivity index (χ1v) is 10.4. The average molecular weight is 419 g/mol. The van der Waals surface area contributed by atoms with Gasteiger partial charge in [-0.2, -0.15) is 13.2 Å². The lowest BCUT2D eigenvalue weighted by Crippen LogP contribution is -2.28. The maximum absolute atomic E-state index is 12.9. The van der Waals surface area contributed by atoms with Gasteiger partial charge in [0, 0.05) is 6.54 Å². The summed E-state index contributed by atoms with van der Waals surface area (Å²) in [6.07, 6.45) is -1.83. The lowest BCUT2D eigenvalue weighted by atomic mass is 9.83. The van der Waals surface area contributed by atoms with E-state index in [0.717, 1.165) is 49.2 Å². The highest BCUT2D eigenvalue weighted by molar-refractivity contribution is 5.77. The number of carboxylic acid groups (broad SMARTS) is 1. The zero-order valence-electron chi connectivity index (χ0n) is 17.3. The first-order valence-electron chi connectivity index (χ1n) is 10.4. The van der Waals surface area contributed by atoms with Crippen LogP contribution in [0.1, 0.15) is 61.6 Å². The first-order chi connectivity index (χ1) is 14.1. The van der Waals surface area contributed by atoms with Crippen LogP contribution in [-0.4, -0.2) is 24.2 Å². The summed E-state index contributed by atoms with van der Waals surface area (Å²) in [7, 11) is 0. The molecule has 0 bridgehead atoms. The van der Waals surface area contributed by atoms with E-state index in [1.54, 1.807) is 0 Å². The van der Waals surface area contributed by atoms with Crippen LogP contribution in [0.25, 0.3) is 11.1 Å². The lowest BCUT2D eigenvalue weighted by molar-refractivity contribution is -0.139. The fraction of sp³-hybridized carbons (Fsp3) is 0.458. The van der Waals surface area contributed by atoms with E-state index in [9.17, 15) is 23.1 Å². The van der Waals surface area contributed by atoms with Crippen molar-refractivity contribution in [1.82, 2.24) is 5.32 Å². The van der Waals surface area contributed by atoms with Crippen LogP contribution in [0.5, 0.6) is 0 Å². The molecule has 1 fully saturated rings. The SMILES string of the molecule is CC(C)C[C@H](C(=O)O)c1cc(-c2ccc(C(F)(F)F)cc2)cc(C2CCCNC2)c1. The van der Waals surface area contributed by atoms with Crippen molar-refractivity contribution in [3.8, 4) is 11.1 Å². The van der Waals surface area contributed by atoms with E-state index in [-0.39, 0.29) is 11.8 Å². The minimum absolute atomic E-state index is 0.209. The predicted octanol–water partition coefficient (Wildman–Crippen LogP) is 6.05. The van der Waals surface area contributed by atoms with Gasteiger partial charge in [0.25, 0.3) is 0 Å². The largest absolute Gasteiger partial charge is 0.481 e. The molecule has 6 heteroatoms. The van der Waals surface area contributed by atoms with E-state index in [0.29, 0.717) is 17.5 Å². The predicted molar refractivity (Wildman–Crippen MR) is 112 cm³/mol. The van der Waals surface area contributed by atoms with Crippen molar-refractivity contribution in [2.24, 2.45) is 5.92 Å². The minimum Gasteiger partial charge on any atom is -0.481 e. The van der Waals surface area contributed by atoms with Gasteiger partial charge in [0.15, 0.2) is 0 Å². The highest BCUT2D eigenvalue weighted by Gasteiger charge is 2.30. The number of benzene rings is 2. The molecule has 2 aromatic carbocycles. The van der Waals surface area contributed by atoms with Crippen molar-refractivity contribution in [1.29, 1.82) is 0 Å². The number of halogens is 3. The molecule has 1 aliphatic rings. The van der Waals surface area contributed by atoms with Gasteiger partial charge in [-0.3, -0.25) is 4.79 Å². The van der Waals surface area contributed by atoms with Gasteiger partial charge >= 0.3 is 12.1 Å². The second-order valence-corrected chi connectivity index (χ2v) is 8.53. The molecule has 30 heavy (non-hydrogen) atoms. The number of piperidine rings is 1. The molecule has 1 saturated heterocycles. The van der Waals surface area contributed by atoms with Gasteiger partial charge in [0.2, 0.25) is 0 Å². The molecule has 2 aromatic rings. The Bertz CT molecular complexity index is 869. The number of carbonyl (C=O) groups is 1. The van der Waals surface area contributed by atoms with Crippen LogP contribution in [0.15, 0.2) is 42.5 Å². The molecule has 0 aliphatic carbocycles. The molecule has 1 heterocycles. The highest BCUT2D eigenvalue weighted by atomic mass is 19.4. The molecule has 2 N–H and O–H groups in total. The topological polar surface area (TPSA) is 49.3 Å². The summed E-state index contributed by atoms with van der Waals surface area (Å²) < 4.78 is 38.8. The third kappa shape index (κ3) is 5.42. The highest BCUT2D eigenvalue weighted by Crippen LogP contribution is 2.35. The zero-order chi connectivity index (χ0) is 21.9. The first kappa shape index (κ1) is 22.3. The number of rotatable bonds is 6. The Hall–Kier alpha value is -2.34. The van der Waals surface area contributed by atoms with Crippen molar-refractivity contribution in [3.05, 3.63) is 59.2 Å². The molecule has 0 saturated carbocycles. The number of nitrogens with one attached hydrogen (secondary N) is 1. The van der Waals surface area contributed by atoms with Crippen LogP contribution in [0.4, 0.5) is 13.2 Å². The Labute approximate surface area is 175 Å². The molecule has 3 nitrogen and oxygen atoms in total. The maximum Gasteiger partial charge on any atom is 0.416 e. The Morgan fingerprint density at radius 1 is 1.13 bits per heavy atom. The van der Waals surface area contributed by atoms with Crippen molar-refractivity contribution < 1.29 is 23.1 Å². The summed E-state index contributed by atoms with van der Waals surface area (Å²) in [5.74, 6) is -1.04. The summed E-state index contributed by atoms with van der Waals surface area (Å²) in [5, 5.41) is 13.2. The molecule has 162 valence electrons. The van der Waals surface area contributed by atoms with Gasteiger partial charge in [0.1, 0.15) is 0 Å². The van der Waals surface area contributed by atoms with Crippen LogP contribution < -0.4 is 5.32 Å². The molecule has 1 unspecified atom stereocenters. The fourth-order valence-electron chi connectivity index (χ4n) is 4.12. The van der Waals surface area contributed by atoms with E-state index < -0.39 is 23.6 Å². The van der Waals surface area contributed by atoms with Gasteiger partial charge < -0.3 is 10.4 Å². The molecular weight excluding hydrogens is 391 g/mol. The van der Waals surface area contributed by atoms with Crippen LogP contribution in [0.3, 0.4) is 0 Å². The molecule has 2 atom stereocenters. The lowest BCUT2D eigenvalue weighted by Gasteiger charge is -2.25. The molecule has 0 spiro atoms. The average Bonchev–Trinajstić information content (AvgIpc) is 2.71. The van der Waals surface area contributed by atoms with Crippen molar-refractivity contribution in [3.63, 3.8) is 0 Å². The molecule has 1 aliphatic heterocycles. The molecule has 0 amide bonds. The van der Waals surface area contributed by atoms with Gasteiger partial charge in [-0.1, -0.05) is 44.2 Å². The number of hydrogen-bond donors (Lipinski definition) is 2. The Morgan fingerprint density at radius 2 is 1.83 bits per heavy atom. The van der Waals surface area contributed by atoms with E-state index in [1.807, 2.05) is 32.0 Å². The molecule has 0 aromatic heterocycles. The van der Waals surface area contributed by atoms with Crippen molar-refractivity contribution in [2.75, 3.05) is 13.1 Å². The quantitative estimate of drug-likeness (QED) is 0.599. The summed E-state index contributed by atoms with van der Waals surface area (Å²) in [4.78, 5) is 12.0. The normalized spacial score (nSPS) is 18.4. The van der Waals surface area contributed by atoms with Crippen LogP contribution in [0.2, 0.25) is 0 Å². The van der Waals surface area contributed by atoms with Gasteiger partial charge in [-0.15, -0.1) is 0 Å². The van der Waals surface area contributed by atoms with E-state index in [1.165, 1.54) is 12.1 Å². The second-order valence-electron chi connectivity index (χ2n) is 8.53. The van der Waals surface area contributed by atoms with Gasteiger partial charge in [-0.25, -0.2) is 0 Å². The summed E-state index contributed by atoms with van der Waals surface area (Å²) in [6, 6.07) is 10.9. The zero-order valence-corrected chi connectivity index (χ0v) is 17.3. The molecular formula is C24H28F3NO2. The Kier molecular flexibility index (Phi) is 6.86. The third-order valence-corrected chi connectivity index (χ3v) is 5.70. The number of carboxylic acids is 1. The van der Waals surface area contributed by atoms with Crippen LogP contribution in [0, 0.1) is 5.92 Å². The van der Waals surface area contributed by atoms with Crippen molar-refractivity contribution in [2.45, 2.75) is 51.1 Å². The summed E-state index contributed by atoms with van der Waals surface area (Å²) >= 11 is 0. The Balaban J connectivity index is 2.06. The smallest absolute Gasteiger partial charge is 0.416 e. The maximum atomic E-state index is 12.9. The third-order valence-electron chi connectivity index (χ3n) is 5.70. The van der Waals surface area contributed by atoms with Crippen LogP contribution >= 0.6 is 0 Å². The van der Waals surface area contributed by atoms with Crippen LogP contribution in [-0.2, 0) is 11.0 Å². The van der Waals surface area contributed by atoms with E-state index in [2.05, 4.69) is 5.32 Å². The Morgan fingerprint density at radius 3 is 2.37 bits per heavy atom. The number of hydrogen-bond acceptors (Lipinski definition) is 2. The fourth-order valence-corrected chi connectivity index (χ4v) is 4.12.